The zero-order chi connectivity index (χ0) is 10.1. The minimum absolute atomic E-state index is 0.420. The van der Waals surface area contributed by atoms with E-state index in [9.17, 15) is 0 Å². The number of benzene rings is 1. The number of likely N-dealkylation sites (N-methyl/N-ethyl adjacent to an activating group) is 1. The number of hydrogen-bond donors (Lipinski definition) is 1. The molecule has 1 atom stereocenters. The summed E-state index contributed by atoms with van der Waals surface area (Å²) in [5, 5.41) is 3.23. The van der Waals surface area contributed by atoms with E-state index in [2.05, 4.69) is 43.2 Å². The van der Waals surface area contributed by atoms with Gasteiger partial charge >= 0.3 is 0 Å². The average Bonchev–Trinajstić information content (AvgIpc) is 2.16. The Labute approximate surface area is 100 Å². The summed E-state index contributed by atoms with van der Waals surface area (Å²) in [6.07, 6.45) is 1.02. The summed E-state index contributed by atoms with van der Waals surface area (Å²) in [7, 11) is 1.96. The Morgan fingerprint density at radius 3 is 2.93 bits per heavy atom. The van der Waals surface area contributed by atoms with Crippen molar-refractivity contribution in [2.24, 2.45) is 0 Å². The largest absolute Gasteiger partial charge is 0.490 e. The molecule has 0 bridgehead atoms. The fraction of sp³-hybridized carbons (Fsp3) is 0.400. The third-order valence-electron chi connectivity index (χ3n) is 2.39. The van der Waals surface area contributed by atoms with E-state index in [4.69, 9.17) is 4.74 Å². The highest BCUT2D eigenvalue weighted by molar-refractivity contribution is 9.11. The molecule has 1 heterocycles. The molecule has 0 aromatic heterocycles. The van der Waals surface area contributed by atoms with Crippen LogP contribution in [0.1, 0.15) is 5.56 Å². The van der Waals surface area contributed by atoms with Crippen molar-refractivity contribution in [1.29, 1.82) is 0 Å². The van der Waals surface area contributed by atoms with Gasteiger partial charge in [-0.15, -0.1) is 0 Å². The van der Waals surface area contributed by atoms with Gasteiger partial charge in [-0.3, -0.25) is 0 Å². The van der Waals surface area contributed by atoms with Crippen LogP contribution in [0.3, 0.4) is 0 Å². The topological polar surface area (TPSA) is 21.3 Å². The molecular formula is C10H11Br2NO. The Balaban J connectivity index is 2.37. The molecule has 4 heteroatoms. The van der Waals surface area contributed by atoms with Crippen molar-refractivity contribution in [3.8, 4) is 5.75 Å². The maximum absolute atomic E-state index is 5.68. The smallest absolute Gasteiger partial charge is 0.136 e. The Morgan fingerprint density at radius 2 is 2.21 bits per heavy atom. The first-order valence-electron chi connectivity index (χ1n) is 4.48. The normalized spacial score (nSPS) is 20.1. The molecule has 0 unspecified atom stereocenters. The number of ether oxygens (including phenoxy) is 1. The van der Waals surface area contributed by atoms with Crippen LogP contribution < -0.4 is 10.1 Å². The van der Waals surface area contributed by atoms with Crippen molar-refractivity contribution >= 4 is 31.9 Å². The zero-order valence-corrected chi connectivity index (χ0v) is 11.0. The first kappa shape index (κ1) is 10.5. The molecule has 0 fully saturated rings. The van der Waals surface area contributed by atoms with E-state index in [1.807, 2.05) is 13.1 Å². The quantitative estimate of drug-likeness (QED) is 0.859. The fourth-order valence-corrected chi connectivity index (χ4v) is 3.05. The van der Waals surface area contributed by atoms with Gasteiger partial charge in [-0.2, -0.15) is 0 Å². The van der Waals surface area contributed by atoms with Crippen LogP contribution in [0, 0.1) is 0 Å². The molecule has 1 aromatic carbocycles. The Kier molecular flexibility index (Phi) is 3.14. The lowest BCUT2D eigenvalue weighted by atomic mass is 10.0. The third kappa shape index (κ3) is 1.97. The maximum Gasteiger partial charge on any atom is 0.136 e. The van der Waals surface area contributed by atoms with Crippen LogP contribution in [0.2, 0.25) is 0 Å². The molecule has 1 aromatic rings. The Morgan fingerprint density at radius 1 is 1.43 bits per heavy atom. The molecule has 0 saturated heterocycles. The van der Waals surface area contributed by atoms with E-state index in [0.29, 0.717) is 6.04 Å². The van der Waals surface area contributed by atoms with Crippen LogP contribution in [0.25, 0.3) is 0 Å². The molecule has 0 radical (unpaired) electrons. The fourth-order valence-electron chi connectivity index (χ4n) is 1.62. The highest BCUT2D eigenvalue weighted by Crippen LogP contribution is 2.35. The third-order valence-corrected chi connectivity index (χ3v) is 3.44. The van der Waals surface area contributed by atoms with E-state index in [1.54, 1.807) is 0 Å². The second-order valence-corrected chi connectivity index (χ2v) is 5.15. The minimum atomic E-state index is 0.420. The van der Waals surface area contributed by atoms with Gasteiger partial charge in [0.1, 0.15) is 12.4 Å². The van der Waals surface area contributed by atoms with Crippen LogP contribution in [-0.4, -0.2) is 19.7 Å². The highest BCUT2D eigenvalue weighted by atomic mass is 79.9. The molecular weight excluding hydrogens is 310 g/mol. The highest BCUT2D eigenvalue weighted by Gasteiger charge is 2.20. The summed E-state index contributed by atoms with van der Waals surface area (Å²) in [5.74, 6) is 0.986. The minimum Gasteiger partial charge on any atom is -0.490 e. The molecule has 1 aliphatic heterocycles. The second-order valence-electron chi connectivity index (χ2n) is 3.38. The molecule has 0 amide bonds. The van der Waals surface area contributed by atoms with Gasteiger partial charge in [0.2, 0.25) is 0 Å². The lowest BCUT2D eigenvalue weighted by Crippen LogP contribution is -2.36. The van der Waals surface area contributed by atoms with Gasteiger partial charge in [0.15, 0.2) is 0 Å². The van der Waals surface area contributed by atoms with Crippen LogP contribution in [0.4, 0.5) is 0 Å². The number of nitrogens with one attached hydrogen (secondary N) is 1. The number of fused-ring (bicyclic) bond motifs is 1. The van der Waals surface area contributed by atoms with Crippen molar-refractivity contribution in [3.05, 3.63) is 26.6 Å². The second kappa shape index (κ2) is 4.21. The molecule has 0 spiro atoms. The molecule has 2 rings (SSSR count). The molecule has 0 saturated carbocycles. The van der Waals surface area contributed by atoms with Gasteiger partial charge in [0, 0.05) is 10.5 Å². The van der Waals surface area contributed by atoms with Gasteiger partial charge in [-0.25, -0.2) is 0 Å². The van der Waals surface area contributed by atoms with E-state index in [1.165, 1.54) is 5.56 Å². The molecule has 0 aliphatic carbocycles. The molecule has 1 N–H and O–H groups in total. The Hall–Kier alpha value is -0.0600. The van der Waals surface area contributed by atoms with Crippen molar-refractivity contribution < 1.29 is 4.74 Å². The molecule has 1 aliphatic rings. The van der Waals surface area contributed by atoms with E-state index in [-0.39, 0.29) is 0 Å². The van der Waals surface area contributed by atoms with Crippen molar-refractivity contribution in [3.63, 3.8) is 0 Å². The maximum atomic E-state index is 5.68. The van der Waals surface area contributed by atoms with Crippen LogP contribution in [0.5, 0.6) is 5.75 Å². The number of rotatable bonds is 1. The van der Waals surface area contributed by atoms with E-state index in [0.717, 1.165) is 27.7 Å². The van der Waals surface area contributed by atoms with Gasteiger partial charge in [-0.05, 0) is 47.1 Å². The first-order chi connectivity index (χ1) is 6.70. The van der Waals surface area contributed by atoms with Crippen molar-refractivity contribution in [2.45, 2.75) is 12.5 Å². The summed E-state index contributed by atoms with van der Waals surface area (Å²) in [4.78, 5) is 0. The molecule has 76 valence electrons. The summed E-state index contributed by atoms with van der Waals surface area (Å²) >= 11 is 6.98. The van der Waals surface area contributed by atoms with Crippen LogP contribution >= 0.6 is 31.9 Å². The monoisotopic (exact) mass is 319 g/mol. The van der Waals surface area contributed by atoms with Crippen LogP contribution in [-0.2, 0) is 6.42 Å². The predicted octanol–water partition coefficient (Wildman–Crippen LogP) is 2.73. The molecule has 2 nitrogen and oxygen atoms in total. The van der Waals surface area contributed by atoms with Gasteiger partial charge in [0.25, 0.3) is 0 Å². The first-order valence-corrected chi connectivity index (χ1v) is 6.07. The van der Waals surface area contributed by atoms with Gasteiger partial charge < -0.3 is 10.1 Å². The van der Waals surface area contributed by atoms with E-state index >= 15 is 0 Å². The number of halogens is 2. The summed E-state index contributed by atoms with van der Waals surface area (Å²) in [6.45, 7) is 0.740. The van der Waals surface area contributed by atoms with Crippen molar-refractivity contribution in [1.82, 2.24) is 5.32 Å². The average molecular weight is 321 g/mol. The van der Waals surface area contributed by atoms with Crippen molar-refractivity contribution in [2.75, 3.05) is 13.7 Å². The van der Waals surface area contributed by atoms with Gasteiger partial charge in [-0.1, -0.05) is 15.9 Å². The lowest BCUT2D eigenvalue weighted by Gasteiger charge is -2.25. The molecule has 14 heavy (non-hydrogen) atoms. The van der Waals surface area contributed by atoms with Crippen LogP contribution in [0.15, 0.2) is 21.1 Å². The summed E-state index contributed by atoms with van der Waals surface area (Å²) in [6, 6.07) is 4.55. The summed E-state index contributed by atoms with van der Waals surface area (Å²) in [5.41, 5.74) is 1.25. The van der Waals surface area contributed by atoms with E-state index < -0.39 is 0 Å². The van der Waals surface area contributed by atoms with Gasteiger partial charge in [0.05, 0.1) is 4.47 Å². The zero-order valence-electron chi connectivity index (χ0n) is 7.81. The Bertz CT molecular complexity index is 354. The standard InChI is InChI=1S/C10H11Br2NO/c1-13-8-3-6-2-7(11)4-9(12)10(6)14-5-8/h2,4,8,13H,3,5H2,1H3/t8-/m0/s1. The SMILES string of the molecule is CN[C@@H]1COc2c(Br)cc(Br)cc2C1. The predicted molar refractivity (Wildman–Crippen MR) is 63.9 cm³/mol. The lowest BCUT2D eigenvalue weighted by molar-refractivity contribution is 0.244. The summed E-state index contributed by atoms with van der Waals surface area (Å²) < 4.78 is 7.79. The number of hydrogen-bond acceptors (Lipinski definition) is 2.